The van der Waals surface area contributed by atoms with E-state index in [1.807, 2.05) is 0 Å². The van der Waals surface area contributed by atoms with E-state index in [2.05, 4.69) is 10.3 Å². The van der Waals surface area contributed by atoms with E-state index in [0.29, 0.717) is 24.4 Å². The van der Waals surface area contributed by atoms with Crippen molar-refractivity contribution >= 4 is 69.1 Å². The Balaban J connectivity index is 1.60. The molecule has 28 heavy (non-hydrogen) atoms. The summed E-state index contributed by atoms with van der Waals surface area (Å²) in [6, 6.07) is 3.24. The summed E-state index contributed by atoms with van der Waals surface area (Å²) in [5.74, 6) is -0.303. The molecular weight excluding hydrogens is 451 g/mol. The highest BCUT2D eigenvalue weighted by atomic mass is 35.5. The smallest absolute Gasteiger partial charge is 0.416 e. The average molecular weight is 465 g/mol. The van der Waals surface area contributed by atoms with Crippen LogP contribution in [0.1, 0.15) is 15.4 Å². The van der Waals surface area contributed by atoms with Gasteiger partial charge in [0.25, 0.3) is 5.91 Å². The molecule has 1 aliphatic rings. The number of rotatable bonds is 6. The Bertz CT molecular complexity index is 918. The van der Waals surface area contributed by atoms with Crippen LogP contribution >= 0.6 is 45.9 Å². The van der Waals surface area contributed by atoms with E-state index in [9.17, 15) is 14.4 Å². The summed E-state index contributed by atoms with van der Waals surface area (Å²) in [6.45, 7) is 0.309. The number of carbonyl (C=O) groups is 3. The zero-order chi connectivity index (χ0) is 20.4. The molecule has 1 saturated heterocycles. The van der Waals surface area contributed by atoms with Crippen LogP contribution in [0.3, 0.4) is 0 Å². The number of cyclic esters (lactones) is 1. The standard InChI is InChI=1S/C15H14Cl2N4O5S2/c1-20(14(23)24)6-8-11(17)28-13(19-8)21-5-7(26-15(21)25)4-18-12(22)9-2-3-10(16)27-9/h2-3,7H,4-6H2,1H3,(H,18,22)(H,23,24)/t7-/m0/s1. The van der Waals surface area contributed by atoms with Gasteiger partial charge in [-0.25, -0.2) is 19.5 Å². The zero-order valence-corrected chi connectivity index (χ0v) is 17.5. The molecule has 13 heteroatoms. The van der Waals surface area contributed by atoms with E-state index in [1.54, 1.807) is 12.1 Å². The number of halogens is 2. The first-order valence-electron chi connectivity index (χ1n) is 7.85. The van der Waals surface area contributed by atoms with Crippen LogP contribution in [0.5, 0.6) is 0 Å². The summed E-state index contributed by atoms with van der Waals surface area (Å²) in [5, 5.41) is 12.0. The third kappa shape index (κ3) is 4.66. The number of anilines is 1. The second kappa shape index (κ2) is 8.52. The summed E-state index contributed by atoms with van der Waals surface area (Å²) in [7, 11) is 1.39. The predicted octanol–water partition coefficient (Wildman–Crippen LogP) is 3.38. The van der Waals surface area contributed by atoms with Crippen LogP contribution in [0.2, 0.25) is 8.67 Å². The van der Waals surface area contributed by atoms with Crippen LogP contribution in [-0.2, 0) is 11.3 Å². The number of carboxylic acid groups (broad SMARTS) is 1. The molecule has 3 amide bonds. The van der Waals surface area contributed by atoms with E-state index in [-0.39, 0.29) is 25.5 Å². The molecule has 9 nitrogen and oxygen atoms in total. The number of nitrogens with zero attached hydrogens (tertiary/aromatic N) is 3. The SMILES string of the molecule is CN(Cc1nc(N2C[C@H](CNC(=O)c3ccc(Cl)s3)OC2=O)sc1Cl)C(=O)O. The van der Waals surface area contributed by atoms with E-state index >= 15 is 0 Å². The molecule has 2 aromatic heterocycles. The molecule has 0 unspecified atom stereocenters. The number of ether oxygens (including phenoxy) is 1. The summed E-state index contributed by atoms with van der Waals surface area (Å²) in [6.07, 6.45) is -2.28. The lowest BCUT2D eigenvalue weighted by Crippen LogP contribution is -2.34. The van der Waals surface area contributed by atoms with Gasteiger partial charge in [0.1, 0.15) is 10.4 Å². The number of amides is 3. The maximum atomic E-state index is 12.1. The fourth-order valence-corrected chi connectivity index (χ4v) is 4.41. The number of hydrogen-bond donors (Lipinski definition) is 2. The van der Waals surface area contributed by atoms with Gasteiger partial charge in [-0.1, -0.05) is 34.5 Å². The summed E-state index contributed by atoms with van der Waals surface area (Å²) in [4.78, 5) is 42.2. The second-order valence-corrected chi connectivity index (χ2v) is 9.08. The third-order valence-electron chi connectivity index (χ3n) is 3.74. The molecule has 1 atom stereocenters. The number of hydrogen-bond acceptors (Lipinski definition) is 7. The minimum Gasteiger partial charge on any atom is -0.465 e. The van der Waals surface area contributed by atoms with Crippen LogP contribution in [0, 0.1) is 0 Å². The van der Waals surface area contributed by atoms with E-state index in [4.69, 9.17) is 33.0 Å². The van der Waals surface area contributed by atoms with E-state index in [0.717, 1.165) is 27.6 Å². The fraction of sp³-hybridized carbons (Fsp3) is 0.333. The van der Waals surface area contributed by atoms with Gasteiger partial charge in [-0.2, -0.15) is 0 Å². The van der Waals surface area contributed by atoms with Crippen molar-refractivity contribution in [1.29, 1.82) is 0 Å². The molecule has 2 aromatic rings. The molecule has 150 valence electrons. The van der Waals surface area contributed by atoms with Crippen molar-refractivity contribution in [3.8, 4) is 0 Å². The molecule has 1 aliphatic heterocycles. The third-order valence-corrected chi connectivity index (χ3v) is 6.33. The fourth-order valence-electron chi connectivity index (χ4n) is 2.34. The number of aromatic nitrogens is 1. The lowest BCUT2D eigenvalue weighted by atomic mass is 10.3. The predicted molar refractivity (Wildman–Crippen MR) is 106 cm³/mol. The topological polar surface area (TPSA) is 112 Å². The first kappa shape index (κ1) is 20.6. The molecule has 0 aliphatic carbocycles. The molecule has 1 fully saturated rings. The summed E-state index contributed by atoms with van der Waals surface area (Å²) in [5.41, 5.74) is 0.352. The van der Waals surface area contributed by atoms with Crippen molar-refractivity contribution in [2.45, 2.75) is 12.6 Å². The normalized spacial score (nSPS) is 16.2. The van der Waals surface area contributed by atoms with Gasteiger partial charge in [0.05, 0.1) is 34.5 Å². The first-order chi connectivity index (χ1) is 13.2. The Labute approximate surface area is 177 Å². The molecule has 3 rings (SSSR count). The maximum absolute atomic E-state index is 12.1. The lowest BCUT2D eigenvalue weighted by molar-refractivity contribution is 0.0920. The number of thiophene rings is 1. The molecule has 0 bridgehead atoms. The van der Waals surface area contributed by atoms with Crippen molar-refractivity contribution < 1.29 is 24.2 Å². The van der Waals surface area contributed by atoms with Gasteiger partial charge in [-0.05, 0) is 12.1 Å². The van der Waals surface area contributed by atoms with Gasteiger partial charge < -0.3 is 20.1 Å². The molecule has 3 heterocycles. The molecule has 0 spiro atoms. The number of thiazole rings is 1. The highest BCUT2D eigenvalue weighted by Crippen LogP contribution is 2.33. The minimum atomic E-state index is -1.12. The van der Waals surface area contributed by atoms with Crippen molar-refractivity contribution in [1.82, 2.24) is 15.2 Å². The Morgan fingerprint density at radius 2 is 2.18 bits per heavy atom. The van der Waals surface area contributed by atoms with Crippen molar-refractivity contribution in [2.75, 3.05) is 25.0 Å². The van der Waals surface area contributed by atoms with Gasteiger partial charge in [0.2, 0.25) is 0 Å². The summed E-state index contributed by atoms with van der Waals surface area (Å²) < 4.78 is 6.06. The van der Waals surface area contributed by atoms with Crippen LogP contribution in [0.4, 0.5) is 14.7 Å². The maximum Gasteiger partial charge on any atom is 0.416 e. The number of carbonyl (C=O) groups excluding carboxylic acids is 2. The number of nitrogens with one attached hydrogen (secondary N) is 1. The van der Waals surface area contributed by atoms with Gasteiger partial charge >= 0.3 is 12.2 Å². The van der Waals surface area contributed by atoms with Crippen LogP contribution in [-0.4, -0.2) is 59.3 Å². The Hall–Kier alpha value is -2.08. The Morgan fingerprint density at radius 1 is 1.43 bits per heavy atom. The van der Waals surface area contributed by atoms with Crippen molar-refractivity contribution in [3.63, 3.8) is 0 Å². The highest BCUT2D eigenvalue weighted by Gasteiger charge is 2.35. The lowest BCUT2D eigenvalue weighted by Gasteiger charge is -2.11. The van der Waals surface area contributed by atoms with Crippen molar-refractivity contribution in [2.24, 2.45) is 0 Å². The Morgan fingerprint density at radius 3 is 2.82 bits per heavy atom. The van der Waals surface area contributed by atoms with E-state index < -0.39 is 18.3 Å². The monoisotopic (exact) mass is 464 g/mol. The second-order valence-electron chi connectivity index (χ2n) is 5.79. The van der Waals surface area contributed by atoms with Crippen molar-refractivity contribution in [3.05, 3.63) is 31.4 Å². The molecule has 0 radical (unpaired) electrons. The molecule has 0 saturated carbocycles. The zero-order valence-electron chi connectivity index (χ0n) is 14.3. The Kier molecular flexibility index (Phi) is 6.28. The minimum absolute atomic E-state index is 0.00356. The summed E-state index contributed by atoms with van der Waals surface area (Å²) >= 11 is 14.1. The first-order valence-corrected chi connectivity index (χ1v) is 10.2. The van der Waals surface area contributed by atoms with Gasteiger partial charge in [-0.15, -0.1) is 11.3 Å². The largest absolute Gasteiger partial charge is 0.465 e. The average Bonchev–Trinajstić information content (AvgIpc) is 3.32. The highest BCUT2D eigenvalue weighted by molar-refractivity contribution is 7.19. The van der Waals surface area contributed by atoms with E-state index in [1.165, 1.54) is 11.9 Å². The van der Waals surface area contributed by atoms with Crippen LogP contribution < -0.4 is 10.2 Å². The van der Waals surface area contributed by atoms with Gasteiger partial charge in [0, 0.05) is 7.05 Å². The van der Waals surface area contributed by atoms with Crippen LogP contribution in [0.25, 0.3) is 0 Å². The van der Waals surface area contributed by atoms with Gasteiger partial charge in [-0.3, -0.25) is 4.79 Å². The quantitative estimate of drug-likeness (QED) is 0.677. The molecule has 2 N–H and O–H groups in total. The van der Waals surface area contributed by atoms with Crippen LogP contribution in [0.15, 0.2) is 12.1 Å². The molecule has 0 aromatic carbocycles. The molecular formula is C15H14Cl2N4O5S2. The van der Waals surface area contributed by atoms with Gasteiger partial charge in [0.15, 0.2) is 5.13 Å².